The summed E-state index contributed by atoms with van der Waals surface area (Å²) >= 11 is 0. The minimum Gasteiger partial charge on any atom is -0.333 e. The molecule has 112 valence electrons. The minimum atomic E-state index is -4.15. The fraction of sp³-hybridized carbons (Fsp3) is 0.0625. The highest BCUT2D eigenvalue weighted by Crippen LogP contribution is 2.22. The molecule has 3 aromatic rings. The van der Waals surface area contributed by atoms with Gasteiger partial charge < -0.3 is 4.57 Å². The standard InChI is InChI=1S/C16H14N2O3S/c19-22(20,21)16-6-4-14(5-7-16)15-3-1-2-13(10-15)11-18-9-8-17-12-18/h1-10,12H,11H2,(H,19,20,21). The average Bonchev–Trinajstić information content (AvgIpc) is 3.00. The van der Waals surface area contributed by atoms with Gasteiger partial charge in [0.1, 0.15) is 0 Å². The zero-order chi connectivity index (χ0) is 15.6. The maximum Gasteiger partial charge on any atom is 0.294 e. The molecule has 6 heteroatoms. The topological polar surface area (TPSA) is 72.2 Å². The summed E-state index contributed by atoms with van der Waals surface area (Å²) in [6, 6.07) is 14.1. The third-order valence-corrected chi connectivity index (χ3v) is 4.20. The molecular formula is C16H14N2O3S. The van der Waals surface area contributed by atoms with Crippen molar-refractivity contribution in [3.05, 3.63) is 72.8 Å². The van der Waals surface area contributed by atoms with Crippen molar-refractivity contribution in [3.63, 3.8) is 0 Å². The molecule has 0 saturated carbocycles. The quantitative estimate of drug-likeness (QED) is 0.752. The average molecular weight is 314 g/mol. The summed E-state index contributed by atoms with van der Waals surface area (Å²) in [4.78, 5) is 3.91. The van der Waals surface area contributed by atoms with Crippen molar-refractivity contribution in [2.45, 2.75) is 11.4 Å². The van der Waals surface area contributed by atoms with Gasteiger partial charge in [-0.05, 0) is 34.9 Å². The molecule has 2 aromatic carbocycles. The molecule has 5 nitrogen and oxygen atoms in total. The predicted octanol–water partition coefficient (Wildman–Crippen LogP) is 2.85. The number of nitrogens with zero attached hydrogens (tertiary/aromatic N) is 2. The van der Waals surface area contributed by atoms with Crippen molar-refractivity contribution in [2.75, 3.05) is 0 Å². The molecule has 0 atom stereocenters. The van der Waals surface area contributed by atoms with E-state index in [1.54, 1.807) is 24.7 Å². The van der Waals surface area contributed by atoms with E-state index in [1.165, 1.54) is 12.1 Å². The van der Waals surface area contributed by atoms with Crippen molar-refractivity contribution in [2.24, 2.45) is 0 Å². The Morgan fingerprint density at radius 3 is 2.45 bits per heavy atom. The number of imidazole rings is 1. The Morgan fingerprint density at radius 2 is 1.82 bits per heavy atom. The summed E-state index contributed by atoms with van der Waals surface area (Å²) < 4.78 is 33.1. The number of hydrogen-bond donors (Lipinski definition) is 1. The van der Waals surface area contributed by atoms with Gasteiger partial charge in [-0.25, -0.2) is 4.98 Å². The lowest BCUT2D eigenvalue weighted by atomic mass is 10.0. The van der Waals surface area contributed by atoms with Gasteiger partial charge in [0.05, 0.1) is 11.2 Å². The largest absolute Gasteiger partial charge is 0.333 e. The van der Waals surface area contributed by atoms with Gasteiger partial charge in [0, 0.05) is 18.9 Å². The molecule has 0 unspecified atom stereocenters. The van der Waals surface area contributed by atoms with E-state index in [4.69, 9.17) is 4.55 Å². The molecule has 0 aliphatic carbocycles. The molecule has 3 rings (SSSR count). The van der Waals surface area contributed by atoms with Crippen LogP contribution in [-0.4, -0.2) is 22.5 Å². The first-order valence-electron chi connectivity index (χ1n) is 6.65. The SMILES string of the molecule is O=S(=O)(O)c1ccc(-c2cccc(Cn3ccnc3)c2)cc1. The smallest absolute Gasteiger partial charge is 0.294 e. The molecule has 1 heterocycles. The van der Waals surface area contributed by atoms with E-state index in [-0.39, 0.29) is 4.90 Å². The molecule has 0 saturated heterocycles. The number of aromatic nitrogens is 2. The molecule has 1 N–H and O–H groups in total. The van der Waals surface area contributed by atoms with Crippen molar-refractivity contribution < 1.29 is 13.0 Å². The fourth-order valence-electron chi connectivity index (χ4n) is 2.26. The highest BCUT2D eigenvalue weighted by Gasteiger charge is 2.09. The van der Waals surface area contributed by atoms with E-state index in [0.29, 0.717) is 0 Å². The Morgan fingerprint density at radius 1 is 1.05 bits per heavy atom. The number of rotatable bonds is 4. The third kappa shape index (κ3) is 3.24. The van der Waals surface area contributed by atoms with Gasteiger partial charge in [0.25, 0.3) is 10.1 Å². The third-order valence-electron chi connectivity index (χ3n) is 3.34. The van der Waals surface area contributed by atoms with Gasteiger partial charge in [-0.1, -0.05) is 30.3 Å². The van der Waals surface area contributed by atoms with Gasteiger partial charge in [0.15, 0.2) is 0 Å². The first kappa shape index (κ1) is 14.5. The van der Waals surface area contributed by atoms with E-state index < -0.39 is 10.1 Å². The first-order chi connectivity index (χ1) is 10.5. The lowest BCUT2D eigenvalue weighted by Crippen LogP contribution is -1.98. The monoisotopic (exact) mass is 314 g/mol. The molecular weight excluding hydrogens is 300 g/mol. The van der Waals surface area contributed by atoms with Crippen molar-refractivity contribution >= 4 is 10.1 Å². The highest BCUT2D eigenvalue weighted by molar-refractivity contribution is 7.85. The molecule has 0 aliphatic heterocycles. The van der Waals surface area contributed by atoms with Crippen LogP contribution in [0, 0.1) is 0 Å². The van der Waals surface area contributed by atoms with Gasteiger partial charge in [-0.3, -0.25) is 4.55 Å². The fourth-order valence-corrected chi connectivity index (χ4v) is 2.74. The van der Waals surface area contributed by atoms with E-state index >= 15 is 0 Å². The van der Waals surface area contributed by atoms with Crippen LogP contribution < -0.4 is 0 Å². The Bertz CT molecular complexity index is 870. The van der Waals surface area contributed by atoms with Crippen LogP contribution in [0.2, 0.25) is 0 Å². The van der Waals surface area contributed by atoms with Crippen LogP contribution in [-0.2, 0) is 16.7 Å². The van der Waals surface area contributed by atoms with E-state index in [9.17, 15) is 8.42 Å². The molecule has 0 radical (unpaired) electrons. The van der Waals surface area contributed by atoms with Crippen LogP contribution >= 0.6 is 0 Å². The summed E-state index contributed by atoms with van der Waals surface area (Å²) in [6.45, 7) is 0.719. The lowest BCUT2D eigenvalue weighted by Gasteiger charge is -2.07. The summed E-state index contributed by atoms with van der Waals surface area (Å²) in [5.41, 5.74) is 2.99. The molecule has 0 fully saturated rings. The van der Waals surface area contributed by atoms with Crippen molar-refractivity contribution in [1.29, 1.82) is 0 Å². The van der Waals surface area contributed by atoms with E-state index in [1.807, 2.05) is 35.0 Å². The minimum absolute atomic E-state index is 0.106. The first-order valence-corrected chi connectivity index (χ1v) is 8.09. The van der Waals surface area contributed by atoms with Crippen LogP contribution in [0.4, 0.5) is 0 Å². The zero-order valence-corrected chi connectivity index (χ0v) is 12.4. The van der Waals surface area contributed by atoms with E-state index in [0.717, 1.165) is 23.2 Å². The van der Waals surface area contributed by atoms with Gasteiger partial charge in [-0.2, -0.15) is 8.42 Å². The van der Waals surface area contributed by atoms with Gasteiger partial charge in [0.2, 0.25) is 0 Å². The molecule has 0 bridgehead atoms. The normalized spacial score (nSPS) is 11.5. The van der Waals surface area contributed by atoms with Crippen molar-refractivity contribution in [3.8, 4) is 11.1 Å². The summed E-state index contributed by atoms with van der Waals surface area (Å²) in [7, 11) is -4.15. The molecule has 22 heavy (non-hydrogen) atoms. The second kappa shape index (κ2) is 5.75. The Balaban J connectivity index is 1.89. The van der Waals surface area contributed by atoms with Crippen LogP contribution in [0.3, 0.4) is 0 Å². The second-order valence-electron chi connectivity index (χ2n) is 4.93. The molecule has 0 aliphatic rings. The Kier molecular flexibility index (Phi) is 3.79. The maximum absolute atomic E-state index is 11.1. The number of benzene rings is 2. The molecule has 0 amide bonds. The molecule has 0 spiro atoms. The summed E-state index contributed by atoms with van der Waals surface area (Å²) in [6.07, 6.45) is 5.39. The summed E-state index contributed by atoms with van der Waals surface area (Å²) in [5, 5.41) is 0. The number of hydrogen-bond acceptors (Lipinski definition) is 3. The Hall–Kier alpha value is -2.44. The summed E-state index contributed by atoms with van der Waals surface area (Å²) in [5.74, 6) is 0. The van der Waals surface area contributed by atoms with Gasteiger partial charge in [-0.15, -0.1) is 0 Å². The van der Waals surface area contributed by atoms with Crippen LogP contribution in [0.15, 0.2) is 72.1 Å². The van der Waals surface area contributed by atoms with Crippen LogP contribution in [0.25, 0.3) is 11.1 Å². The van der Waals surface area contributed by atoms with Crippen LogP contribution in [0.1, 0.15) is 5.56 Å². The Labute approximate surface area is 128 Å². The maximum atomic E-state index is 11.1. The van der Waals surface area contributed by atoms with E-state index in [2.05, 4.69) is 4.98 Å². The van der Waals surface area contributed by atoms with Crippen LogP contribution in [0.5, 0.6) is 0 Å². The predicted molar refractivity (Wildman–Crippen MR) is 83.0 cm³/mol. The lowest BCUT2D eigenvalue weighted by molar-refractivity contribution is 0.483. The zero-order valence-electron chi connectivity index (χ0n) is 11.6. The van der Waals surface area contributed by atoms with Crippen molar-refractivity contribution in [1.82, 2.24) is 9.55 Å². The second-order valence-corrected chi connectivity index (χ2v) is 6.36. The molecule has 1 aromatic heterocycles. The highest BCUT2D eigenvalue weighted by atomic mass is 32.2. The van der Waals surface area contributed by atoms with Gasteiger partial charge >= 0.3 is 0 Å².